The fourth-order valence-corrected chi connectivity index (χ4v) is 7.79. The number of rotatable bonds is 2. The van der Waals surface area contributed by atoms with Gasteiger partial charge in [0.1, 0.15) is 28.8 Å². The lowest BCUT2D eigenvalue weighted by Crippen LogP contribution is -2.43. The van der Waals surface area contributed by atoms with Gasteiger partial charge >= 0.3 is 0 Å². The highest BCUT2D eigenvalue weighted by atomic mass is 32.1. The molecule has 6 aromatic rings. The Labute approximate surface area is 267 Å². The van der Waals surface area contributed by atoms with E-state index in [-0.39, 0.29) is 18.0 Å². The number of hydrogen-bond acceptors (Lipinski definition) is 6. The normalized spacial score (nSPS) is 17.9. The fourth-order valence-electron chi connectivity index (χ4n) is 6.86. The molecule has 8 nitrogen and oxygen atoms in total. The van der Waals surface area contributed by atoms with Gasteiger partial charge in [0.2, 0.25) is 5.91 Å². The predicted molar refractivity (Wildman–Crippen MR) is 175 cm³/mol. The molecule has 2 bridgehead atoms. The number of fused-ring (bicyclic) bond motifs is 8. The summed E-state index contributed by atoms with van der Waals surface area (Å²) in [7, 11) is 1.94. The number of halogens is 2. The lowest BCUT2D eigenvalue weighted by Gasteiger charge is -2.38. The summed E-state index contributed by atoms with van der Waals surface area (Å²) < 4.78 is 41.6. The van der Waals surface area contributed by atoms with Crippen LogP contribution >= 0.6 is 11.3 Å². The number of pyridine rings is 1. The molecule has 0 saturated carbocycles. The summed E-state index contributed by atoms with van der Waals surface area (Å²) in [5.74, 6) is -0.658. The zero-order valence-corrected chi connectivity index (χ0v) is 26.2. The molecule has 2 aliphatic heterocycles. The first-order valence-corrected chi connectivity index (χ1v) is 16.2. The third kappa shape index (κ3) is 4.44. The minimum atomic E-state index is -0.443. The van der Waals surface area contributed by atoms with Crippen LogP contribution in [0.4, 0.5) is 8.78 Å². The molecular formula is C35H30F2N6O2S. The highest BCUT2D eigenvalue weighted by molar-refractivity contribution is 7.17. The Morgan fingerprint density at radius 3 is 2.85 bits per heavy atom. The van der Waals surface area contributed by atoms with Crippen molar-refractivity contribution in [2.45, 2.75) is 38.3 Å². The number of imidazole rings is 1. The first-order valence-electron chi connectivity index (χ1n) is 15.3. The van der Waals surface area contributed by atoms with Gasteiger partial charge in [0.15, 0.2) is 0 Å². The molecule has 0 aliphatic carbocycles. The number of thiophene rings is 1. The second-order valence-electron chi connectivity index (χ2n) is 11.9. The van der Waals surface area contributed by atoms with Gasteiger partial charge in [0, 0.05) is 47.1 Å². The first-order chi connectivity index (χ1) is 22.3. The van der Waals surface area contributed by atoms with E-state index in [1.54, 1.807) is 12.4 Å². The van der Waals surface area contributed by atoms with Crippen molar-refractivity contribution in [3.8, 4) is 39.5 Å². The molecule has 2 aliphatic rings. The lowest BCUT2D eigenvalue weighted by atomic mass is 9.95. The number of aryl methyl sites for hydroxylation is 1. The molecular weight excluding hydrogens is 606 g/mol. The van der Waals surface area contributed by atoms with Crippen LogP contribution in [0.3, 0.4) is 0 Å². The van der Waals surface area contributed by atoms with Crippen LogP contribution < -0.4 is 4.74 Å². The second kappa shape index (κ2) is 10.9. The van der Waals surface area contributed by atoms with Crippen LogP contribution in [0.2, 0.25) is 0 Å². The molecule has 0 fully saturated rings. The minimum Gasteiger partial charge on any atom is -0.493 e. The number of benzene rings is 2. The Kier molecular flexibility index (Phi) is 6.75. The van der Waals surface area contributed by atoms with Crippen molar-refractivity contribution in [1.29, 1.82) is 0 Å². The maximum absolute atomic E-state index is 16.1. The Morgan fingerprint density at radius 2 is 2.00 bits per heavy atom. The van der Waals surface area contributed by atoms with E-state index in [4.69, 9.17) is 14.8 Å². The summed E-state index contributed by atoms with van der Waals surface area (Å²) in [6.45, 7) is 6.54. The third-order valence-electron chi connectivity index (χ3n) is 9.19. The van der Waals surface area contributed by atoms with E-state index in [1.807, 2.05) is 52.4 Å². The van der Waals surface area contributed by atoms with Gasteiger partial charge < -0.3 is 14.2 Å². The Hall–Kier alpha value is -4.90. The van der Waals surface area contributed by atoms with Gasteiger partial charge in [-0.05, 0) is 62.6 Å². The number of nitrogens with zero attached hydrogens (tertiary/aromatic N) is 6. The van der Waals surface area contributed by atoms with E-state index >= 15 is 4.39 Å². The monoisotopic (exact) mass is 636 g/mol. The molecule has 2 atom stereocenters. The molecule has 0 radical (unpaired) electrons. The molecule has 1 amide bonds. The third-order valence-corrected chi connectivity index (χ3v) is 10.1. The zero-order chi connectivity index (χ0) is 31.7. The van der Waals surface area contributed by atoms with Crippen molar-refractivity contribution in [2.24, 2.45) is 7.05 Å². The van der Waals surface area contributed by atoms with E-state index in [0.29, 0.717) is 63.6 Å². The maximum atomic E-state index is 16.1. The maximum Gasteiger partial charge on any atom is 0.246 e. The number of carbonyl (C=O) groups is 1. The molecule has 11 heteroatoms. The molecule has 4 aromatic heterocycles. The van der Waals surface area contributed by atoms with Gasteiger partial charge in [-0.1, -0.05) is 12.6 Å². The topological polar surface area (TPSA) is 78.1 Å². The minimum absolute atomic E-state index is 0.0829. The van der Waals surface area contributed by atoms with E-state index < -0.39 is 11.6 Å². The Bertz CT molecular complexity index is 2200. The van der Waals surface area contributed by atoms with Gasteiger partial charge in [0.05, 0.1) is 52.1 Å². The van der Waals surface area contributed by atoms with Crippen molar-refractivity contribution in [2.75, 3.05) is 13.2 Å². The molecule has 0 spiro atoms. The molecule has 0 N–H and O–H groups in total. The summed E-state index contributed by atoms with van der Waals surface area (Å²) in [6.07, 6.45) is 5.38. The standard InChI is InChI=1S/C35H30F2N6O2S/c1-4-30(44)42-16-22-7-5-6-12-45-29-14-21(36)9-10-23(29)31-32-24(37)17-46-35(32)33(20-8-11-27-25(13-20)38-18-41(27)3)39-34(31)26-15-28(19(42)2)43(22)40-26/h4,8-11,13-15,17-19,22H,1,5-7,12,16H2,2-3H3/t19-,22+/m1/s1. The second-order valence-corrected chi connectivity index (χ2v) is 12.8. The SMILES string of the molecule is C=CC(=O)N1C[C@@H]2CCCCOc3cc(F)ccc3-c3c(nc(-c4ccc5c(c4)ncn5C)c4scc(F)c34)-c3cc(n2n3)[C@H]1C. The highest BCUT2D eigenvalue weighted by Crippen LogP contribution is 2.48. The van der Waals surface area contributed by atoms with Crippen molar-refractivity contribution in [3.05, 3.63) is 84.2 Å². The number of ether oxygens (including phenoxy) is 1. The van der Waals surface area contributed by atoms with Gasteiger partial charge in [0.25, 0.3) is 0 Å². The molecule has 2 aromatic carbocycles. The fraction of sp³-hybridized carbons (Fsp3) is 0.257. The van der Waals surface area contributed by atoms with Crippen LogP contribution in [0.15, 0.2) is 66.8 Å². The van der Waals surface area contributed by atoms with Crippen molar-refractivity contribution >= 4 is 38.4 Å². The summed E-state index contributed by atoms with van der Waals surface area (Å²) in [5.41, 5.74) is 6.03. The quantitative estimate of drug-likeness (QED) is 0.181. The van der Waals surface area contributed by atoms with Gasteiger partial charge in [-0.2, -0.15) is 5.10 Å². The van der Waals surface area contributed by atoms with Crippen LogP contribution in [-0.2, 0) is 11.8 Å². The van der Waals surface area contributed by atoms with Crippen LogP contribution in [0.5, 0.6) is 5.75 Å². The molecule has 0 unspecified atom stereocenters. The molecule has 0 saturated heterocycles. The van der Waals surface area contributed by atoms with Crippen LogP contribution in [0, 0.1) is 11.6 Å². The summed E-state index contributed by atoms with van der Waals surface area (Å²) in [6, 6.07) is 11.9. The Balaban J connectivity index is 1.45. The predicted octanol–water partition coefficient (Wildman–Crippen LogP) is 7.85. The van der Waals surface area contributed by atoms with Crippen molar-refractivity contribution in [1.82, 2.24) is 29.2 Å². The van der Waals surface area contributed by atoms with E-state index in [2.05, 4.69) is 11.6 Å². The summed E-state index contributed by atoms with van der Waals surface area (Å²) in [4.78, 5) is 24.6. The molecule has 6 heterocycles. The zero-order valence-electron chi connectivity index (χ0n) is 25.3. The van der Waals surface area contributed by atoms with E-state index in [0.717, 1.165) is 35.1 Å². The number of carbonyl (C=O) groups excluding carboxylic acids is 1. The van der Waals surface area contributed by atoms with Crippen LogP contribution in [0.1, 0.15) is 44.0 Å². The molecule has 46 heavy (non-hydrogen) atoms. The highest BCUT2D eigenvalue weighted by Gasteiger charge is 2.35. The average Bonchev–Trinajstić information content (AvgIpc) is 3.78. The van der Waals surface area contributed by atoms with E-state index in [1.165, 1.54) is 34.9 Å². The van der Waals surface area contributed by atoms with Crippen molar-refractivity contribution in [3.63, 3.8) is 0 Å². The Morgan fingerprint density at radius 1 is 1.13 bits per heavy atom. The summed E-state index contributed by atoms with van der Waals surface area (Å²) in [5, 5.41) is 6.98. The number of hydrogen-bond donors (Lipinski definition) is 0. The van der Waals surface area contributed by atoms with Crippen LogP contribution in [-0.4, -0.2) is 48.3 Å². The van der Waals surface area contributed by atoms with Gasteiger partial charge in [-0.25, -0.2) is 18.7 Å². The van der Waals surface area contributed by atoms with Gasteiger partial charge in [-0.3, -0.25) is 9.48 Å². The number of amides is 1. The van der Waals surface area contributed by atoms with E-state index in [9.17, 15) is 9.18 Å². The van der Waals surface area contributed by atoms with Gasteiger partial charge in [-0.15, -0.1) is 11.3 Å². The number of aromatic nitrogens is 5. The largest absolute Gasteiger partial charge is 0.493 e. The lowest BCUT2D eigenvalue weighted by molar-refractivity contribution is -0.130. The molecule has 8 rings (SSSR count). The van der Waals surface area contributed by atoms with Crippen molar-refractivity contribution < 1.29 is 18.3 Å². The average molecular weight is 637 g/mol. The molecule has 232 valence electrons. The summed E-state index contributed by atoms with van der Waals surface area (Å²) >= 11 is 1.27. The first kappa shape index (κ1) is 28.6. The van der Waals surface area contributed by atoms with Crippen LogP contribution in [0.25, 0.3) is 54.9 Å². The smallest absolute Gasteiger partial charge is 0.246 e.